The van der Waals surface area contributed by atoms with Crippen molar-refractivity contribution in [3.8, 4) is 5.75 Å². The van der Waals surface area contributed by atoms with Crippen molar-refractivity contribution < 1.29 is 56.1 Å². The van der Waals surface area contributed by atoms with Crippen LogP contribution in [0, 0.1) is 53.3 Å². The molecule has 18 atom stereocenters. The van der Waals surface area contributed by atoms with Crippen molar-refractivity contribution in [2.45, 2.75) is 331 Å². The van der Waals surface area contributed by atoms with Crippen molar-refractivity contribution in [3.63, 3.8) is 0 Å². The predicted molar refractivity (Wildman–Crippen MR) is 397 cm³/mol. The van der Waals surface area contributed by atoms with Crippen molar-refractivity contribution >= 4 is 67.6 Å². The summed E-state index contributed by atoms with van der Waals surface area (Å²) >= 11 is 2.31. The van der Waals surface area contributed by atoms with Gasteiger partial charge in [0.15, 0.2) is 39.1 Å². The molecule has 2 aliphatic rings. The first-order valence-electron chi connectivity index (χ1n) is 35.1. The number of ether oxygens (including phenoxy) is 5. The molecule has 2 saturated heterocycles. The maximum Gasteiger partial charge on any atom is 0.330 e. The molecule has 0 amide bonds. The van der Waals surface area contributed by atoms with Crippen molar-refractivity contribution in [2.75, 3.05) is 13.7 Å². The third-order valence-corrected chi connectivity index (χ3v) is 41.5. The highest BCUT2D eigenvalue weighted by Gasteiger charge is 2.53. The van der Waals surface area contributed by atoms with Crippen LogP contribution >= 0.6 is 22.6 Å². The largest absolute Gasteiger partial charge is 0.497 e. The molecule has 1 N–H and O–H groups in total. The van der Waals surface area contributed by atoms with Crippen molar-refractivity contribution in [1.82, 2.24) is 0 Å². The second kappa shape index (κ2) is 34.1. The van der Waals surface area contributed by atoms with Gasteiger partial charge in [-0.05, 0) is 145 Å². The summed E-state index contributed by atoms with van der Waals surface area (Å²) in [5.41, 5.74) is 0.968. The van der Waals surface area contributed by atoms with Crippen LogP contribution in [0.25, 0.3) is 0 Å². The molecule has 12 nitrogen and oxygen atoms in total. The summed E-state index contributed by atoms with van der Waals surface area (Å²) in [5.74, 6) is -2.61. The number of carbonyl (C=O) groups excluding carboxylic acids is 2. The van der Waals surface area contributed by atoms with Gasteiger partial charge in [0.1, 0.15) is 17.6 Å². The number of halogens is 1. The van der Waals surface area contributed by atoms with E-state index in [-0.39, 0.29) is 80.6 Å². The van der Waals surface area contributed by atoms with Gasteiger partial charge >= 0.3 is 5.97 Å². The minimum Gasteiger partial charge on any atom is -0.497 e. The summed E-state index contributed by atoms with van der Waals surface area (Å²) in [6.07, 6.45) is 8.15. The number of aliphatic hydroxyl groups excluding tert-OH is 1. The van der Waals surface area contributed by atoms with E-state index in [1.807, 2.05) is 58.0 Å². The lowest BCUT2D eigenvalue weighted by atomic mass is 9.76. The van der Waals surface area contributed by atoms with E-state index in [0.717, 1.165) is 49.8 Å². The summed E-state index contributed by atoms with van der Waals surface area (Å²) < 4.78 is 64.4. The molecule has 1 aromatic rings. The van der Waals surface area contributed by atoms with Crippen LogP contribution in [-0.4, -0.2) is 118 Å². The first-order valence-corrected chi connectivity index (χ1v) is 47.9. The molecule has 0 saturated carbocycles. The number of esters is 1. The first-order chi connectivity index (χ1) is 41.4. The fourth-order valence-corrected chi connectivity index (χ4v) is 18.2. The minimum atomic E-state index is -2.54. The molecular formula is C74H137IO12Si4. The molecule has 0 aromatic heterocycles. The number of benzene rings is 1. The number of rotatable bonds is 33. The lowest BCUT2D eigenvalue weighted by Gasteiger charge is -2.52. The summed E-state index contributed by atoms with van der Waals surface area (Å²) in [7, 11) is -7.41. The Morgan fingerprint density at radius 3 is 1.73 bits per heavy atom. The number of Topliss-reactive ketones (excluding diaryl/α,β-unsaturated/α-hetero) is 1. The summed E-state index contributed by atoms with van der Waals surface area (Å²) in [6.45, 7) is 67.2. The van der Waals surface area contributed by atoms with Crippen LogP contribution in [0.1, 0.15) is 203 Å². The molecular weight excluding hydrogens is 1320 g/mol. The van der Waals surface area contributed by atoms with E-state index in [1.165, 1.54) is 0 Å². The smallest absolute Gasteiger partial charge is 0.330 e. The van der Waals surface area contributed by atoms with Gasteiger partial charge in [-0.2, -0.15) is 0 Å². The lowest BCUT2D eigenvalue weighted by Crippen LogP contribution is -2.57. The molecule has 3 rings (SSSR count). The van der Waals surface area contributed by atoms with Gasteiger partial charge in [0.05, 0.1) is 50.3 Å². The van der Waals surface area contributed by atoms with Crippen LogP contribution in [0.3, 0.4) is 0 Å². The number of hydrogen-bond acceptors (Lipinski definition) is 12. The predicted octanol–water partition coefficient (Wildman–Crippen LogP) is 20.1. The Hall–Kier alpha value is -1.08. The highest BCUT2D eigenvalue weighted by atomic mass is 127. The van der Waals surface area contributed by atoms with E-state index in [9.17, 15) is 9.90 Å². The molecule has 0 bridgehead atoms. The van der Waals surface area contributed by atoms with Crippen LogP contribution in [0.4, 0.5) is 0 Å². The second-order valence-corrected chi connectivity index (χ2v) is 54.3. The van der Waals surface area contributed by atoms with Gasteiger partial charge in [-0.25, -0.2) is 4.79 Å². The Labute approximate surface area is 575 Å². The van der Waals surface area contributed by atoms with E-state index in [2.05, 4.69) is 210 Å². The van der Waals surface area contributed by atoms with Gasteiger partial charge in [-0.3, -0.25) is 4.79 Å². The quantitative estimate of drug-likeness (QED) is 0.0310. The van der Waals surface area contributed by atoms with Crippen LogP contribution < -0.4 is 4.74 Å². The van der Waals surface area contributed by atoms with Crippen molar-refractivity contribution in [2.24, 2.45) is 53.3 Å². The van der Waals surface area contributed by atoms with Crippen LogP contribution in [0.2, 0.25) is 72.5 Å². The summed E-state index contributed by atoms with van der Waals surface area (Å²) in [5, 5.41) is 12.7. The zero-order valence-electron chi connectivity index (χ0n) is 63.6. The SMILES string of the molecule is CC[C@@H](/C=C/I)CC[C@@H]1O[C@]2(CC[C@H](C)[C@H](C[C@@H](C)O[Si](C)(C)C(C)(C)C)O2)C[C@H](OC(=O)/C=C/[C@H](C)[C@@H](O[Si](C)(C)C(C)(C)C)[C@H](C)C(=O)[C@H](C)[C@@H](O)[C@H](C)[C@H](OCc2ccc(OC)cc2)[C@@H](C)[C@@H](O[Si](C)(C)C(C)(C)C)[C@H](C)CO[Si](C)(C)C(C)(C)C)[C@@H]1C. The molecule has 2 heterocycles. The van der Waals surface area contributed by atoms with Gasteiger partial charge in [-0.1, -0.05) is 192 Å². The molecule has 0 aliphatic carbocycles. The maximum atomic E-state index is 15.4. The Balaban J connectivity index is 2.06. The Morgan fingerprint density at radius 1 is 0.703 bits per heavy atom. The summed E-state index contributed by atoms with van der Waals surface area (Å²) in [4.78, 5) is 29.9. The number of allylic oxidation sites excluding steroid dienone is 1. The highest BCUT2D eigenvalue weighted by Crippen LogP contribution is 2.48. The molecule has 2 aliphatic heterocycles. The van der Waals surface area contributed by atoms with E-state index in [1.54, 1.807) is 13.2 Å². The Morgan fingerprint density at radius 2 is 1.22 bits per heavy atom. The number of methoxy groups -OCH3 is 1. The van der Waals surface area contributed by atoms with Crippen molar-refractivity contribution in [1.29, 1.82) is 0 Å². The second-order valence-electron chi connectivity index (χ2n) is 34.5. The third-order valence-electron chi connectivity index (χ3n) is 23.1. The monoisotopic (exact) mass is 1460 g/mol. The minimum absolute atomic E-state index is 0.0102. The van der Waals surface area contributed by atoms with Gasteiger partial charge in [0.25, 0.3) is 0 Å². The standard InChI is InChI=1S/C74H137IO12Si4/c1-32-58(42-44-75)36-39-61-53(6)63(46-74(83-61)43-41-49(2)62(84-74)45-52(5)85-89(26,27)71(14,15)16)82-64(76)40-33-50(3)67(86-90(28,29)72(17,18)19)55(8)65(77)54(7)66(78)56(9)69(80-48-59-34-37-60(79-23)38-35-59)57(10)68(87-91(30,31)73(20,21)22)51(4)47-81-88(24,25)70(11,12)13/h33-35,37-38,40,42,44,49-58,61-63,66-69,78H,32,36,39,41,43,45-48H2,1-31H3/b40-33+,44-42+/t49-,50-,51+,52+,53+,54-,55+,56-,57-,58+,61-,62-,63-,66+,67+,68-,69-,74-/m0/s1. The molecule has 2 fully saturated rings. The van der Waals surface area contributed by atoms with Gasteiger partial charge < -0.3 is 46.5 Å². The van der Waals surface area contributed by atoms with Gasteiger partial charge in [-0.15, -0.1) is 0 Å². The molecule has 0 radical (unpaired) electrons. The third kappa shape index (κ3) is 23.5. The van der Waals surface area contributed by atoms with Crippen LogP contribution in [0.5, 0.6) is 5.75 Å². The van der Waals surface area contributed by atoms with Crippen LogP contribution in [-0.2, 0) is 52.8 Å². The molecule has 17 heteroatoms. The van der Waals surface area contributed by atoms with E-state index in [4.69, 9.17) is 41.4 Å². The van der Waals surface area contributed by atoms with E-state index < -0.39 is 87.2 Å². The lowest BCUT2D eigenvalue weighted by molar-refractivity contribution is -0.347. The zero-order chi connectivity index (χ0) is 70.0. The van der Waals surface area contributed by atoms with Crippen molar-refractivity contribution in [3.05, 3.63) is 52.1 Å². The molecule has 91 heavy (non-hydrogen) atoms. The molecule has 1 aromatic carbocycles. The van der Waals surface area contributed by atoms with Gasteiger partial charge in [0, 0.05) is 73.1 Å². The van der Waals surface area contributed by atoms with Crippen LogP contribution in [0.15, 0.2) is 46.6 Å². The average Bonchev–Trinajstić information content (AvgIpc) is 0.788. The zero-order valence-corrected chi connectivity index (χ0v) is 69.8. The maximum absolute atomic E-state index is 15.4. The molecule has 0 unspecified atom stereocenters. The molecule has 528 valence electrons. The number of carbonyl (C=O) groups is 2. The Kier molecular flexibility index (Phi) is 31.6. The fraction of sp³-hybridized carbons (Fsp3) is 0.838. The molecule has 1 spiro atoms. The topological polar surface area (TPSA) is 137 Å². The highest BCUT2D eigenvalue weighted by molar-refractivity contribution is 14.1. The average molecular weight is 1460 g/mol. The fourth-order valence-electron chi connectivity index (χ4n) is 12.1. The first kappa shape index (κ1) is 84.1. The number of hydrogen-bond donors (Lipinski definition) is 1. The number of aliphatic hydroxyl groups is 1. The Bertz CT molecular complexity index is 2440. The number of ketones is 1. The van der Waals surface area contributed by atoms with E-state index in [0.29, 0.717) is 24.9 Å². The van der Waals surface area contributed by atoms with E-state index >= 15 is 4.79 Å². The normalized spacial score (nSPS) is 25.3. The van der Waals surface area contributed by atoms with Gasteiger partial charge in [0.2, 0.25) is 0 Å². The summed E-state index contributed by atoms with van der Waals surface area (Å²) in [6, 6.07) is 7.89.